The van der Waals surface area contributed by atoms with E-state index in [1.807, 2.05) is 45.0 Å². The molecule has 156 valence electrons. The molecule has 1 aromatic rings. The summed E-state index contributed by atoms with van der Waals surface area (Å²) in [5.74, 6) is -0.484. The van der Waals surface area contributed by atoms with Gasteiger partial charge in [0.25, 0.3) is 0 Å². The number of fused-ring (bicyclic) bond motifs is 1. The quantitative estimate of drug-likeness (QED) is 0.660. The highest BCUT2D eigenvalue weighted by Crippen LogP contribution is 2.43. The van der Waals surface area contributed by atoms with Crippen LogP contribution in [0, 0.1) is 11.3 Å². The van der Waals surface area contributed by atoms with Crippen molar-refractivity contribution in [2.45, 2.75) is 46.1 Å². The first kappa shape index (κ1) is 22.1. The van der Waals surface area contributed by atoms with E-state index in [-0.39, 0.29) is 33.1 Å². The van der Waals surface area contributed by atoms with Gasteiger partial charge in [-0.1, -0.05) is 68.6 Å². The lowest BCUT2D eigenvalue weighted by Gasteiger charge is -2.43. The second-order valence-corrected chi connectivity index (χ2v) is 10.8. The van der Waals surface area contributed by atoms with Crippen molar-refractivity contribution in [1.29, 1.82) is 0 Å². The number of Topliss-reactive ketones (excluding diaryl/α,β-unsaturated/α-hetero) is 2. The number of hydrogen-bond donors (Lipinski definition) is 0. The minimum Gasteiger partial charge on any atom is -0.333 e. The van der Waals surface area contributed by atoms with Gasteiger partial charge >= 0.3 is 0 Å². The van der Waals surface area contributed by atoms with Gasteiger partial charge in [0.15, 0.2) is 0 Å². The van der Waals surface area contributed by atoms with E-state index in [2.05, 4.69) is 0 Å². The third kappa shape index (κ3) is 4.94. The van der Waals surface area contributed by atoms with Gasteiger partial charge in [-0.05, 0) is 28.7 Å². The third-order valence-electron chi connectivity index (χ3n) is 5.54. The lowest BCUT2D eigenvalue weighted by Crippen LogP contribution is -2.50. The van der Waals surface area contributed by atoms with Crippen LogP contribution in [-0.2, 0) is 20.8 Å². The highest BCUT2D eigenvalue weighted by molar-refractivity contribution is 8.38. The Morgan fingerprint density at radius 1 is 1.10 bits per heavy atom. The number of ketones is 2. The number of benzene rings is 1. The summed E-state index contributed by atoms with van der Waals surface area (Å²) < 4.78 is -0.0821. The molecule has 0 bridgehead atoms. The Kier molecular flexibility index (Phi) is 6.89. The number of carbonyl (C=O) groups excluding carboxylic acids is 4. The normalized spacial score (nSPS) is 21.8. The van der Waals surface area contributed by atoms with Gasteiger partial charge in [0, 0.05) is 19.4 Å². The Labute approximate surface area is 180 Å². The van der Waals surface area contributed by atoms with E-state index in [0.717, 1.165) is 22.9 Å². The minimum atomic E-state index is -0.820. The van der Waals surface area contributed by atoms with Crippen LogP contribution in [0.2, 0.25) is 0 Å². The first-order valence-electron chi connectivity index (χ1n) is 9.96. The largest absolute Gasteiger partial charge is 0.333 e. The fourth-order valence-corrected chi connectivity index (χ4v) is 5.86. The number of thioether (sulfide) groups is 2. The number of amides is 1. The summed E-state index contributed by atoms with van der Waals surface area (Å²) in [6, 6.07) is 7.18. The van der Waals surface area contributed by atoms with Gasteiger partial charge in [-0.3, -0.25) is 19.2 Å². The van der Waals surface area contributed by atoms with Crippen LogP contribution in [0.4, 0.5) is 4.79 Å². The van der Waals surface area contributed by atoms with Crippen molar-refractivity contribution >= 4 is 45.4 Å². The maximum absolute atomic E-state index is 13.0. The van der Waals surface area contributed by atoms with Crippen LogP contribution >= 0.6 is 23.5 Å². The first-order valence-corrected chi connectivity index (χ1v) is 11.9. The van der Waals surface area contributed by atoms with Crippen molar-refractivity contribution in [3.05, 3.63) is 35.4 Å². The van der Waals surface area contributed by atoms with E-state index >= 15 is 0 Å². The van der Waals surface area contributed by atoms with Crippen molar-refractivity contribution < 1.29 is 19.2 Å². The van der Waals surface area contributed by atoms with Crippen LogP contribution in [0.3, 0.4) is 0 Å². The summed E-state index contributed by atoms with van der Waals surface area (Å²) in [4.78, 5) is 52.6. The SMILES string of the molecule is CCSC(=O)SCC(=O)N1CCc2ccccc2C1C1C(=O)CC(C)(C)CC1=O. The molecule has 29 heavy (non-hydrogen) atoms. The summed E-state index contributed by atoms with van der Waals surface area (Å²) in [7, 11) is 0. The van der Waals surface area contributed by atoms with Crippen molar-refractivity contribution in [1.82, 2.24) is 4.90 Å². The lowest BCUT2D eigenvalue weighted by atomic mass is 9.67. The summed E-state index contributed by atoms with van der Waals surface area (Å²) >= 11 is 2.18. The molecule has 3 rings (SSSR count). The average Bonchev–Trinajstić information content (AvgIpc) is 2.65. The number of hydrogen-bond acceptors (Lipinski definition) is 6. The van der Waals surface area contributed by atoms with Gasteiger partial charge in [-0.15, -0.1) is 0 Å². The summed E-state index contributed by atoms with van der Waals surface area (Å²) in [6.07, 6.45) is 1.36. The monoisotopic (exact) mass is 433 g/mol. The van der Waals surface area contributed by atoms with Crippen LogP contribution in [0.5, 0.6) is 0 Å². The molecule has 5 nitrogen and oxygen atoms in total. The Balaban J connectivity index is 1.90. The van der Waals surface area contributed by atoms with Crippen LogP contribution < -0.4 is 0 Å². The molecule has 2 aliphatic rings. The van der Waals surface area contributed by atoms with E-state index in [4.69, 9.17) is 0 Å². The van der Waals surface area contributed by atoms with Crippen molar-refractivity contribution in [2.75, 3.05) is 18.1 Å². The van der Waals surface area contributed by atoms with Crippen LogP contribution in [0.15, 0.2) is 24.3 Å². The zero-order valence-electron chi connectivity index (χ0n) is 17.1. The lowest BCUT2D eigenvalue weighted by molar-refractivity contribution is -0.146. The molecule has 1 aliphatic carbocycles. The van der Waals surface area contributed by atoms with Gasteiger partial charge in [0.2, 0.25) is 10.4 Å². The Morgan fingerprint density at radius 3 is 2.41 bits per heavy atom. The zero-order valence-corrected chi connectivity index (χ0v) is 18.7. The molecule has 1 unspecified atom stereocenters. The predicted molar refractivity (Wildman–Crippen MR) is 117 cm³/mol. The average molecular weight is 434 g/mol. The van der Waals surface area contributed by atoms with E-state index in [0.29, 0.717) is 31.6 Å². The van der Waals surface area contributed by atoms with Crippen LogP contribution in [0.25, 0.3) is 0 Å². The van der Waals surface area contributed by atoms with Crippen molar-refractivity contribution in [3.63, 3.8) is 0 Å². The summed E-state index contributed by atoms with van der Waals surface area (Å²) in [5, 5.41) is 0. The molecule has 0 saturated heterocycles. The molecule has 0 radical (unpaired) electrons. The number of carbonyl (C=O) groups is 4. The van der Waals surface area contributed by atoms with Gasteiger partial charge in [0.05, 0.1) is 11.8 Å². The van der Waals surface area contributed by atoms with Gasteiger partial charge in [-0.2, -0.15) is 0 Å². The zero-order chi connectivity index (χ0) is 21.2. The van der Waals surface area contributed by atoms with E-state index in [1.54, 1.807) is 4.90 Å². The summed E-state index contributed by atoms with van der Waals surface area (Å²) in [6.45, 7) is 6.22. The highest BCUT2D eigenvalue weighted by Gasteiger charge is 2.48. The highest BCUT2D eigenvalue weighted by atomic mass is 32.2. The predicted octanol–water partition coefficient (Wildman–Crippen LogP) is 4.29. The smallest absolute Gasteiger partial charge is 0.246 e. The number of nitrogens with zero attached hydrogens (tertiary/aromatic N) is 1. The Bertz CT molecular complexity index is 816. The Morgan fingerprint density at radius 2 is 1.76 bits per heavy atom. The summed E-state index contributed by atoms with van der Waals surface area (Å²) in [5.41, 5.74) is 1.63. The van der Waals surface area contributed by atoms with Crippen molar-refractivity contribution in [2.24, 2.45) is 11.3 Å². The van der Waals surface area contributed by atoms with E-state index < -0.39 is 12.0 Å². The maximum Gasteiger partial charge on any atom is 0.246 e. The number of rotatable bonds is 4. The molecule has 1 atom stereocenters. The maximum atomic E-state index is 13.0. The standard InChI is InChI=1S/C22H27NO4S2/c1-4-28-21(27)29-13-18(26)23-10-9-14-7-5-6-8-15(14)20(23)19-16(24)11-22(2,3)12-17(19)25/h5-8,19-20H,4,9-13H2,1-3H3. The Hall–Kier alpha value is -1.60. The van der Waals surface area contributed by atoms with Crippen LogP contribution in [0.1, 0.15) is 50.8 Å². The molecule has 1 aromatic carbocycles. The van der Waals surface area contributed by atoms with E-state index in [9.17, 15) is 19.2 Å². The van der Waals surface area contributed by atoms with Crippen molar-refractivity contribution in [3.8, 4) is 0 Å². The van der Waals surface area contributed by atoms with Crippen LogP contribution in [-0.4, -0.2) is 44.9 Å². The molecule has 1 aliphatic heterocycles. The fraction of sp³-hybridized carbons (Fsp3) is 0.545. The molecule has 1 heterocycles. The third-order valence-corrected chi connectivity index (χ3v) is 7.40. The van der Waals surface area contributed by atoms with Gasteiger partial charge < -0.3 is 4.90 Å². The topological polar surface area (TPSA) is 71.5 Å². The van der Waals surface area contributed by atoms with E-state index in [1.165, 1.54) is 11.8 Å². The molecule has 7 heteroatoms. The molecular weight excluding hydrogens is 406 g/mol. The minimum absolute atomic E-state index is 0.0328. The molecule has 0 aromatic heterocycles. The molecule has 0 N–H and O–H groups in total. The molecular formula is C22H27NO4S2. The molecule has 1 fully saturated rings. The molecule has 1 amide bonds. The van der Waals surface area contributed by atoms with Gasteiger partial charge in [-0.25, -0.2) is 0 Å². The first-order chi connectivity index (χ1) is 13.7. The fourth-order valence-electron chi connectivity index (χ4n) is 4.36. The van der Waals surface area contributed by atoms with Gasteiger partial charge in [0.1, 0.15) is 17.5 Å². The molecule has 0 spiro atoms. The molecule has 1 saturated carbocycles. The second-order valence-electron chi connectivity index (χ2n) is 8.38. The second kappa shape index (κ2) is 9.04.